The zero-order chi connectivity index (χ0) is 49.5. The monoisotopic (exact) mass is 934 g/mol. The number of amides is 5. The van der Waals surface area contributed by atoms with Gasteiger partial charge in [0.2, 0.25) is 17.7 Å². The van der Waals surface area contributed by atoms with Crippen molar-refractivity contribution < 1.29 is 75.6 Å². The Morgan fingerprint density at radius 3 is 2.06 bits per heavy atom. The van der Waals surface area contributed by atoms with E-state index in [-0.39, 0.29) is 44.3 Å². The molecule has 5 amide bonds. The quantitative estimate of drug-likeness (QED) is 0.0510. The number of halogens is 5. The predicted molar refractivity (Wildman–Crippen MR) is 225 cm³/mol. The highest BCUT2D eigenvalue weighted by molar-refractivity contribution is 6.14. The summed E-state index contributed by atoms with van der Waals surface area (Å²) < 4.78 is 63.0. The minimum Gasteiger partial charge on any atom is -0.481 e. The van der Waals surface area contributed by atoms with Crippen molar-refractivity contribution in [2.75, 3.05) is 26.2 Å². The Morgan fingerprint density at radius 2 is 1.50 bits per heavy atom. The molecule has 0 saturated heterocycles. The van der Waals surface area contributed by atoms with Gasteiger partial charge in [-0.2, -0.15) is 13.2 Å². The molecule has 0 spiro atoms. The highest BCUT2D eigenvalue weighted by Crippen LogP contribution is 2.41. The summed E-state index contributed by atoms with van der Waals surface area (Å²) in [5.74, 6) is -9.22. The lowest BCUT2D eigenvalue weighted by Gasteiger charge is -2.41. The first-order chi connectivity index (χ1) is 30.8. The van der Waals surface area contributed by atoms with Gasteiger partial charge >= 0.3 is 18.1 Å². The lowest BCUT2D eigenvalue weighted by molar-refractivity contribution is -0.192. The molecule has 4 rings (SSSR count). The van der Waals surface area contributed by atoms with Crippen molar-refractivity contribution in [3.8, 4) is 11.1 Å². The third kappa shape index (κ3) is 16.0. The molecule has 0 fully saturated rings. The summed E-state index contributed by atoms with van der Waals surface area (Å²) in [6.45, 7) is 4.37. The van der Waals surface area contributed by atoms with Crippen LogP contribution in [0.25, 0.3) is 11.1 Å². The Balaban J connectivity index is 0.00000152. The molecule has 1 aliphatic heterocycles. The second-order valence-electron chi connectivity index (χ2n) is 16.1. The average molecular weight is 935 g/mol. The number of carboxylic acids is 2. The van der Waals surface area contributed by atoms with Gasteiger partial charge in [-0.3, -0.25) is 38.5 Å². The molecular weight excluding hydrogens is 884 g/mol. The van der Waals surface area contributed by atoms with Crippen LogP contribution in [0.15, 0.2) is 72.9 Å². The molecule has 0 radical (unpaired) electrons. The number of carboxylic acid groups (broad SMARTS) is 2. The molecule has 3 atom stereocenters. The van der Waals surface area contributed by atoms with Crippen LogP contribution >= 0.6 is 0 Å². The number of hydrogen-bond donors (Lipinski definition) is 6. The van der Waals surface area contributed by atoms with Crippen LogP contribution in [0.3, 0.4) is 0 Å². The van der Waals surface area contributed by atoms with E-state index in [1.54, 1.807) is 12.3 Å². The summed E-state index contributed by atoms with van der Waals surface area (Å²) in [5, 5.41) is 31.4. The molecule has 358 valence electrons. The zero-order valence-electron chi connectivity index (χ0n) is 36.1. The number of carbonyl (C=O) groups excluding carboxylic acids is 6. The molecule has 0 aliphatic carbocycles. The maximum absolute atomic E-state index is 15.1. The van der Waals surface area contributed by atoms with E-state index in [1.165, 1.54) is 4.90 Å². The lowest BCUT2D eigenvalue weighted by atomic mass is 9.82. The van der Waals surface area contributed by atoms with Crippen molar-refractivity contribution in [2.24, 2.45) is 11.1 Å². The zero-order valence-corrected chi connectivity index (χ0v) is 36.1. The van der Waals surface area contributed by atoms with Gasteiger partial charge in [-0.25, -0.2) is 13.6 Å². The molecule has 0 bridgehead atoms. The molecule has 66 heavy (non-hydrogen) atoms. The van der Waals surface area contributed by atoms with Crippen molar-refractivity contribution in [2.45, 2.75) is 83.7 Å². The molecular formula is C44H51F5N6O11. The van der Waals surface area contributed by atoms with E-state index in [1.807, 2.05) is 55.7 Å². The fourth-order valence-electron chi connectivity index (χ4n) is 6.84. The highest BCUT2D eigenvalue weighted by atomic mass is 19.4. The van der Waals surface area contributed by atoms with Crippen LogP contribution in [-0.4, -0.2) is 121 Å². The molecule has 0 saturated carbocycles. The van der Waals surface area contributed by atoms with Crippen LogP contribution in [-0.2, 0) is 44.9 Å². The molecule has 17 nitrogen and oxygen atoms in total. The molecule has 7 N–H and O–H groups in total. The number of imide groups is 1. The van der Waals surface area contributed by atoms with Crippen molar-refractivity contribution in [1.29, 1.82) is 0 Å². The fourth-order valence-corrected chi connectivity index (χ4v) is 6.84. The van der Waals surface area contributed by atoms with E-state index >= 15 is 4.39 Å². The maximum atomic E-state index is 15.1. The first kappa shape index (κ1) is 53.5. The molecule has 1 aromatic heterocycles. The largest absolute Gasteiger partial charge is 0.490 e. The molecule has 3 aromatic rings. The van der Waals surface area contributed by atoms with Crippen molar-refractivity contribution >= 4 is 47.3 Å². The number of aliphatic hydroxyl groups is 1. The Morgan fingerprint density at radius 1 is 0.879 bits per heavy atom. The summed E-state index contributed by atoms with van der Waals surface area (Å²) in [6.07, 6.45) is -2.20. The lowest BCUT2D eigenvalue weighted by Crippen LogP contribution is -2.48. The van der Waals surface area contributed by atoms with Crippen molar-refractivity contribution in [3.05, 3.63) is 95.8 Å². The van der Waals surface area contributed by atoms with E-state index in [9.17, 15) is 56.2 Å². The van der Waals surface area contributed by atoms with E-state index in [0.29, 0.717) is 22.7 Å². The van der Waals surface area contributed by atoms with Crippen LogP contribution in [0.4, 0.5) is 22.0 Å². The SMILES string of the molecule is CC(C)(C)[C@H](c1cc(-c2cc(F)ccc2F)cn1Cc1ccccc1)N(CC[C@H](N)C(=O)NCCCC(=O)[C@@H](CCC(=O)O)NC(=O)CN1C(=O)C=CC1=O)C(=O)CO.O=C(O)C(F)(F)F. The van der Waals surface area contributed by atoms with Gasteiger partial charge in [-0.05, 0) is 54.5 Å². The second-order valence-corrected chi connectivity index (χ2v) is 16.1. The third-order valence-electron chi connectivity index (χ3n) is 9.97. The van der Waals surface area contributed by atoms with E-state index in [2.05, 4.69) is 10.6 Å². The number of nitrogens with zero attached hydrogens (tertiary/aromatic N) is 3. The van der Waals surface area contributed by atoms with Crippen LogP contribution in [0, 0.1) is 17.0 Å². The second kappa shape index (κ2) is 23.9. The van der Waals surface area contributed by atoms with Gasteiger partial charge in [0.05, 0.1) is 18.1 Å². The number of aliphatic hydroxyl groups excluding tert-OH is 1. The summed E-state index contributed by atoms with van der Waals surface area (Å²) >= 11 is 0. The van der Waals surface area contributed by atoms with Gasteiger partial charge in [0.15, 0.2) is 5.78 Å². The summed E-state index contributed by atoms with van der Waals surface area (Å²) in [4.78, 5) is 97.9. The third-order valence-corrected chi connectivity index (χ3v) is 9.97. The number of aliphatic carboxylic acids is 2. The van der Waals surface area contributed by atoms with Crippen LogP contribution in [0.2, 0.25) is 0 Å². The van der Waals surface area contributed by atoms with Crippen LogP contribution < -0.4 is 16.4 Å². The predicted octanol–water partition coefficient (Wildman–Crippen LogP) is 3.48. The van der Waals surface area contributed by atoms with Gasteiger partial charge in [0.25, 0.3) is 11.8 Å². The average Bonchev–Trinajstić information content (AvgIpc) is 3.79. The topological polar surface area (TPSA) is 259 Å². The minimum absolute atomic E-state index is 0.0172. The summed E-state index contributed by atoms with van der Waals surface area (Å²) in [5.41, 5.74) is 7.44. The first-order valence-corrected chi connectivity index (χ1v) is 20.3. The maximum Gasteiger partial charge on any atom is 0.490 e. The van der Waals surface area contributed by atoms with E-state index in [4.69, 9.17) is 20.7 Å². The standard InChI is InChI=1S/C42H50F2N6O9.C2HF3O2/c1-42(2,3)40(33-20-27(29-21-28(43)11-12-30(29)44)23-48(33)22-26-8-5-4-6-9-26)49(38(56)25-51)19-17-31(45)41(59)46-18-7-10-34(52)32(13-16-39(57)58)47-35(53)24-50-36(54)14-15-37(50)55;3-2(4,5)1(6)7/h4-6,8-9,11-12,14-15,20-21,23,31-32,40,51H,7,10,13,16-19,22,24-25,45H2,1-3H3,(H,46,59)(H,47,53)(H,57,58);(H,6,7)/t31-,32+,40-;/m0./s1. The number of aromatic nitrogens is 1. The summed E-state index contributed by atoms with van der Waals surface area (Å²) in [6, 6.07) is 11.1. The Labute approximate surface area is 375 Å². The smallest absolute Gasteiger partial charge is 0.481 e. The fraction of sp³-hybridized carbons (Fsp3) is 0.409. The van der Waals surface area contributed by atoms with E-state index in [0.717, 1.165) is 35.9 Å². The highest BCUT2D eigenvalue weighted by Gasteiger charge is 2.39. The number of nitrogens with two attached hydrogens (primary N) is 1. The number of alkyl halides is 3. The van der Waals surface area contributed by atoms with Crippen molar-refractivity contribution in [3.63, 3.8) is 0 Å². The Kier molecular flexibility index (Phi) is 19.4. The van der Waals surface area contributed by atoms with Crippen LogP contribution in [0.1, 0.15) is 70.2 Å². The van der Waals surface area contributed by atoms with Gasteiger partial charge in [0, 0.05) is 67.6 Å². The molecule has 1 aliphatic rings. The van der Waals surface area contributed by atoms with Crippen LogP contribution in [0.5, 0.6) is 0 Å². The number of nitrogens with one attached hydrogen (secondary N) is 2. The first-order valence-electron chi connectivity index (χ1n) is 20.3. The van der Waals surface area contributed by atoms with Crippen molar-refractivity contribution in [1.82, 2.24) is 25.0 Å². The number of ketones is 1. The number of hydrogen-bond acceptors (Lipinski definition) is 10. The molecule has 0 unspecified atom stereocenters. The Hall–Kier alpha value is -6.81. The van der Waals surface area contributed by atoms with Gasteiger partial charge in [-0.15, -0.1) is 0 Å². The molecule has 2 aromatic carbocycles. The minimum atomic E-state index is -5.08. The molecule has 22 heteroatoms. The number of benzene rings is 2. The number of carbonyl (C=O) groups is 8. The number of Topliss-reactive ketones (excluding diaryl/α,β-unsaturated/α-hetero) is 1. The normalized spacial score (nSPS) is 13.9. The van der Waals surface area contributed by atoms with Gasteiger partial charge < -0.3 is 41.2 Å². The molecule has 2 heterocycles. The van der Waals surface area contributed by atoms with E-state index < -0.39 is 108 Å². The van der Waals surface area contributed by atoms with Gasteiger partial charge in [-0.1, -0.05) is 51.1 Å². The summed E-state index contributed by atoms with van der Waals surface area (Å²) in [7, 11) is 0. The number of rotatable bonds is 21. The Bertz CT molecular complexity index is 2260. The van der Waals surface area contributed by atoms with Gasteiger partial charge in [0.1, 0.15) is 24.8 Å².